The van der Waals surface area contributed by atoms with Crippen LogP contribution in [0.3, 0.4) is 0 Å². The van der Waals surface area contributed by atoms with Gasteiger partial charge in [-0.05, 0) is 25.9 Å². The fourth-order valence-corrected chi connectivity index (χ4v) is 2.61. The molecule has 1 heterocycles. The van der Waals surface area contributed by atoms with Gasteiger partial charge in [-0.15, -0.1) is 0 Å². The predicted molar refractivity (Wildman–Crippen MR) is 54.9 cm³/mol. The number of nitrogens with two attached hydrogens (primary N) is 2. The van der Waals surface area contributed by atoms with Gasteiger partial charge in [0.05, 0.1) is 6.54 Å². The van der Waals surface area contributed by atoms with Crippen LogP contribution in [0.4, 0.5) is 0 Å². The smallest absolute Gasteiger partial charge is 0.277 e. The first-order valence-electron chi connectivity index (χ1n) is 4.70. The van der Waals surface area contributed by atoms with E-state index in [0.717, 1.165) is 17.4 Å². The van der Waals surface area contributed by atoms with Gasteiger partial charge in [0.25, 0.3) is 10.2 Å². The van der Waals surface area contributed by atoms with E-state index in [1.165, 1.54) is 0 Å². The topological polar surface area (TPSA) is 119 Å². The van der Waals surface area contributed by atoms with Crippen molar-refractivity contribution in [2.75, 3.05) is 19.6 Å². The third-order valence-corrected chi connectivity index (χ3v) is 3.44. The van der Waals surface area contributed by atoms with E-state index in [2.05, 4.69) is 5.32 Å². The quantitative estimate of drug-likeness (QED) is 0.510. The first kappa shape index (κ1) is 12.4. The van der Waals surface area contributed by atoms with E-state index in [1.807, 2.05) is 0 Å². The molecule has 0 aromatic rings. The fourth-order valence-electron chi connectivity index (χ4n) is 1.68. The van der Waals surface area contributed by atoms with Gasteiger partial charge < -0.3 is 11.1 Å². The van der Waals surface area contributed by atoms with Crippen LogP contribution in [0.2, 0.25) is 0 Å². The standard InChI is InChI=1S/C7H16N4O3S/c8-7(12)5-11(15(9,13)14)6-1-3-10-4-2-6/h6,10H,1-5H2,(H2,8,12)(H2,9,13,14). The summed E-state index contributed by atoms with van der Waals surface area (Å²) in [6.07, 6.45) is 1.29. The van der Waals surface area contributed by atoms with Gasteiger partial charge in [-0.1, -0.05) is 0 Å². The molecule has 0 aliphatic carbocycles. The van der Waals surface area contributed by atoms with Crippen LogP contribution >= 0.6 is 0 Å². The van der Waals surface area contributed by atoms with Crippen molar-refractivity contribution in [2.24, 2.45) is 10.9 Å². The Kier molecular flexibility index (Phi) is 4.03. The molecular formula is C7H16N4O3S. The number of primary amides is 1. The monoisotopic (exact) mass is 236 g/mol. The van der Waals surface area contributed by atoms with E-state index >= 15 is 0 Å². The SMILES string of the molecule is NC(=O)CN(C1CCNCC1)S(N)(=O)=O. The molecule has 8 heteroatoms. The Bertz CT molecular complexity index is 323. The molecular weight excluding hydrogens is 220 g/mol. The minimum atomic E-state index is -3.85. The van der Waals surface area contributed by atoms with Gasteiger partial charge in [-0.2, -0.15) is 12.7 Å². The van der Waals surface area contributed by atoms with Crippen molar-refractivity contribution in [3.63, 3.8) is 0 Å². The van der Waals surface area contributed by atoms with Crippen molar-refractivity contribution in [1.29, 1.82) is 0 Å². The summed E-state index contributed by atoms with van der Waals surface area (Å²) in [5.41, 5.74) is 4.98. The van der Waals surface area contributed by atoms with Crippen LogP contribution in [0.15, 0.2) is 0 Å². The molecule has 1 fully saturated rings. The van der Waals surface area contributed by atoms with Crippen LogP contribution in [0.1, 0.15) is 12.8 Å². The Balaban J connectivity index is 2.75. The van der Waals surface area contributed by atoms with Gasteiger partial charge in [0.15, 0.2) is 0 Å². The summed E-state index contributed by atoms with van der Waals surface area (Å²) in [6, 6.07) is -0.228. The Hall–Kier alpha value is -0.700. The van der Waals surface area contributed by atoms with Crippen LogP contribution < -0.4 is 16.2 Å². The van der Waals surface area contributed by atoms with Crippen LogP contribution in [0, 0.1) is 0 Å². The maximum atomic E-state index is 11.2. The summed E-state index contributed by atoms with van der Waals surface area (Å²) in [4.78, 5) is 10.7. The summed E-state index contributed by atoms with van der Waals surface area (Å²) in [5.74, 6) is -0.692. The third-order valence-electron chi connectivity index (χ3n) is 2.35. The van der Waals surface area contributed by atoms with E-state index in [4.69, 9.17) is 10.9 Å². The molecule has 15 heavy (non-hydrogen) atoms. The van der Waals surface area contributed by atoms with E-state index < -0.39 is 16.1 Å². The van der Waals surface area contributed by atoms with Gasteiger partial charge in [0, 0.05) is 6.04 Å². The highest BCUT2D eigenvalue weighted by molar-refractivity contribution is 7.86. The summed E-state index contributed by atoms with van der Waals surface area (Å²) < 4.78 is 23.5. The predicted octanol–water partition coefficient (Wildman–Crippen LogP) is -2.27. The van der Waals surface area contributed by atoms with Gasteiger partial charge in [-0.3, -0.25) is 4.79 Å². The summed E-state index contributed by atoms with van der Waals surface area (Å²) in [5, 5.41) is 8.12. The highest BCUT2D eigenvalue weighted by atomic mass is 32.2. The third kappa shape index (κ3) is 3.74. The van der Waals surface area contributed by atoms with Crippen molar-refractivity contribution in [3.8, 4) is 0 Å². The van der Waals surface area contributed by atoms with Crippen molar-refractivity contribution < 1.29 is 13.2 Å². The van der Waals surface area contributed by atoms with Gasteiger partial charge in [0.2, 0.25) is 5.91 Å². The van der Waals surface area contributed by atoms with E-state index in [0.29, 0.717) is 12.8 Å². The number of piperidine rings is 1. The first-order valence-corrected chi connectivity index (χ1v) is 6.20. The molecule has 7 nitrogen and oxygen atoms in total. The normalized spacial score (nSPS) is 19.3. The number of hydrogen-bond donors (Lipinski definition) is 3. The van der Waals surface area contributed by atoms with Crippen LogP contribution in [0.5, 0.6) is 0 Å². The molecule has 0 unspecified atom stereocenters. The van der Waals surface area contributed by atoms with Gasteiger partial charge >= 0.3 is 0 Å². The molecule has 0 atom stereocenters. The lowest BCUT2D eigenvalue weighted by molar-refractivity contribution is -0.118. The average molecular weight is 236 g/mol. The second kappa shape index (κ2) is 4.88. The van der Waals surface area contributed by atoms with Gasteiger partial charge in [-0.25, -0.2) is 5.14 Å². The van der Waals surface area contributed by atoms with Crippen molar-refractivity contribution >= 4 is 16.1 Å². The number of carbonyl (C=O) groups is 1. The zero-order chi connectivity index (χ0) is 11.5. The summed E-state index contributed by atoms with van der Waals surface area (Å²) in [6.45, 7) is 1.09. The lowest BCUT2D eigenvalue weighted by Crippen LogP contribution is -2.51. The lowest BCUT2D eigenvalue weighted by atomic mass is 10.1. The zero-order valence-electron chi connectivity index (χ0n) is 8.35. The molecule has 0 radical (unpaired) electrons. The molecule has 0 spiro atoms. The molecule has 0 aromatic carbocycles. The van der Waals surface area contributed by atoms with Crippen LogP contribution in [-0.2, 0) is 15.0 Å². The van der Waals surface area contributed by atoms with Crippen molar-refractivity contribution in [2.45, 2.75) is 18.9 Å². The van der Waals surface area contributed by atoms with E-state index in [9.17, 15) is 13.2 Å². The minimum Gasteiger partial charge on any atom is -0.369 e. The number of hydrogen-bond acceptors (Lipinski definition) is 4. The Morgan fingerprint density at radius 3 is 2.33 bits per heavy atom. The zero-order valence-corrected chi connectivity index (χ0v) is 9.16. The van der Waals surface area contributed by atoms with Gasteiger partial charge in [0.1, 0.15) is 0 Å². The fraction of sp³-hybridized carbons (Fsp3) is 0.857. The molecule has 1 amide bonds. The van der Waals surface area contributed by atoms with Crippen LogP contribution in [0.25, 0.3) is 0 Å². The van der Waals surface area contributed by atoms with Crippen molar-refractivity contribution in [1.82, 2.24) is 9.62 Å². The maximum Gasteiger partial charge on any atom is 0.277 e. The number of rotatable bonds is 4. The Morgan fingerprint density at radius 2 is 1.93 bits per heavy atom. The summed E-state index contributed by atoms with van der Waals surface area (Å²) in [7, 11) is -3.85. The molecule has 1 aliphatic heterocycles. The first-order chi connectivity index (χ1) is 6.91. The number of carbonyl (C=O) groups excluding carboxylic acids is 1. The maximum absolute atomic E-state index is 11.2. The minimum absolute atomic E-state index is 0.228. The molecule has 0 aromatic heterocycles. The number of amides is 1. The van der Waals surface area contributed by atoms with E-state index in [1.54, 1.807) is 0 Å². The molecule has 5 N–H and O–H groups in total. The average Bonchev–Trinajstić information content (AvgIpc) is 2.14. The molecule has 0 saturated carbocycles. The lowest BCUT2D eigenvalue weighted by Gasteiger charge is -2.31. The molecule has 1 aliphatic rings. The summed E-state index contributed by atoms with van der Waals surface area (Å²) >= 11 is 0. The molecule has 88 valence electrons. The second-order valence-corrected chi connectivity index (χ2v) is 5.04. The Labute approximate surface area is 89.0 Å². The van der Waals surface area contributed by atoms with Crippen molar-refractivity contribution in [3.05, 3.63) is 0 Å². The molecule has 0 bridgehead atoms. The second-order valence-electron chi connectivity index (χ2n) is 3.54. The largest absolute Gasteiger partial charge is 0.369 e. The molecule has 1 saturated heterocycles. The highest BCUT2D eigenvalue weighted by Gasteiger charge is 2.29. The number of nitrogens with one attached hydrogen (secondary N) is 1. The molecule has 1 rings (SSSR count). The highest BCUT2D eigenvalue weighted by Crippen LogP contribution is 2.13. The number of nitrogens with zero attached hydrogens (tertiary/aromatic N) is 1. The van der Waals surface area contributed by atoms with Crippen LogP contribution in [-0.4, -0.2) is 44.3 Å². The van der Waals surface area contributed by atoms with E-state index in [-0.39, 0.29) is 12.6 Å². The Morgan fingerprint density at radius 1 is 1.40 bits per heavy atom.